The first kappa shape index (κ1) is 15.9. The number of anilines is 1. The van der Waals surface area contributed by atoms with Crippen LogP contribution in [0.2, 0.25) is 0 Å². The molecule has 3 atom stereocenters. The van der Waals surface area contributed by atoms with Gasteiger partial charge in [0.25, 0.3) is 0 Å². The van der Waals surface area contributed by atoms with Crippen molar-refractivity contribution in [1.82, 2.24) is 10.9 Å². The second-order valence-electron chi connectivity index (χ2n) is 6.18. The number of hydrazine groups is 1. The number of hydrogen-bond acceptors (Lipinski definition) is 5. The summed E-state index contributed by atoms with van der Waals surface area (Å²) in [4.78, 5) is 12.8. The molecule has 0 aliphatic carbocycles. The number of carbonyl (C=O) groups excluding carboxylic acids is 1. The van der Waals surface area contributed by atoms with Gasteiger partial charge >= 0.3 is 0 Å². The van der Waals surface area contributed by atoms with Gasteiger partial charge in [0.2, 0.25) is 5.91 Å². The van der Waals surface area contributed by atoms with Crippen molar-refractivity contribution in [3.63, 3.8) is 0 Å². The molecule has 2 aromatic carbocycles. The lowest BCUT2D eigenvalue weighted by Crippen LogP contribution is -2.43. The van der Waals surface area contributed by atoms with E-state index in [1.165, 1.54) is 0 Å². The number of nitrogens with one attached hydrogen (secondary N) is 3. The third kappa shape index (κ3) is 2.94. The van der Waals surface area contributed by atoms with Crippen molar-refractivity contribution < 1.29 is 14.3 Å². The number of hydrogen-bond donors (Lipinski definition) is 3. The molecule has 0 saturated carbocycles. The van der Waals surface area contributed by atoms with Crippen LogP contribution >= 0.6 is 0 Å². The second-order valence-corrected chi connectivity index (χ2v) is 6.18. The zero-order valence-electron chi connectivity index (χ0n) is 14.0. The fourth-order valence-corrected chi connectivity index (χ4v) is 3.46. The van der Waals surface area contributed by atoms with Crippen molar-refractivity contribution in [2.24, 2.45) is 5.92 Å². The molecule has 1 fully saturated rings. The van der Waals surface area contributed by atoms with E-state index in [2.05, 4.69) is 16.2 Å². The van der Waals surface area contributed by atoms with Crippen molar-refractivity contribution in [2.45, 2.75) is 19.0 Å². The molecule has 2 aromatic rings. The Morgan fingerprint density at radius 3 is 2.88 bits per heavy atom. The van der Waals surface area contributed by atoms with Crippen LogP contribution in [0.5, 0.6) is 11.5 Å². The molecule has 6 heteroatoms. The highest BCUT2D eigenvalue weighted by Crippen LogP contribution is 2.39. The summed E-state index contributed by atoms with van der Waals surface area (Å²) in [6.45, 7) is 2.96. The number of carbonyl (C=O) groups is 1. The molecule has 6 nitrogen and oxygen atoms in total. The molecular weight excluding hydrogens is 318 g/mol. The number of rotatable bonds is 4. The van der Waals surface area contributed by atoms with Crippen LogP contribution in [-0.2, 0) is 4.79 Å². The third-order valence-electron chi connectivity index (χ3n) is 4.66. The molecule has 0 spiro atoms. The van der Waals surface area contributed by atoms with Gasteiger partial charge in [-0.05, 0) is 25.1 Å². The maximum Gasteiger partial charge on any atom is 0.243 e. The van der Waals surface area contributed by atoms with E-state index in [4.69, 9.17) is 9.47 Å². The van der Waals surface area contributed by atoms with Crippen LogP contribution in [-0.4, -0.2) is 25.2 Å². The summed E-state index contributed by atoms with van der Waals surface area (Å²) in [5.41, 5.74) is 8.13. The highest BCUT2D eigenvalue weighted by molar-refractivity contribution is 5.96. The van der Waals surface area contributed by atoms with E-state index >= 15 is 0 Å². The maximum atomic E-state index is 12.8. The van der Waals surface area contributed by atoms with E-state index in [0.29, 0.717) is 24.7 Å². The molecule has 2 aliphatic heterocycles. The lowest BCUT2D eigenvalue weighted by atomic mass is 9.87. The summed E-state index contributed by atoms with van der Waals surface area (Å²) in [6.07, 6.45) is 0. The van der Waals surface area contributed by atoms with Crippen LogP contribution in [0.15, 0.2) is 48.5 Å². The monoisotopic (exact) mass is 339 g/mol. The minimum atomic E-state index is -0.381. The number of amides is 1. The largest absolute Gasteiger partial charge is 0.493 e. The fraction of sp³-hybridized carbons (Fsp3) is 0.316. The van der Waals surface area contributed by atoms with E-state index in [9.17, 15) is 4.79 Å². The zero-order chi connectivity index (χ0) is 17.2. The van der Waals surface area contributed by atoms with Crippen molar-refractivity contribution in [1.29, 1.82) is 0 Å². The maximum absolute atomic E-state index is 12.8. The number of para-hydroxylation sites is 3. The molecule has 3 unspecified atom stereocenters. The van der Waals surface area contributed by atoms with E-state index < -0.39 is 0 Å². The van der Waals surface area contributed by atoms with Gasteiger partial charge in [-0.2, -0.15) is 0 Å². The third-order valence-corrected chi connectivity index (χ3v) is 4.66. The fourth-order valence-electron chi connectivity index (χ4n) is 3.46. The van der Waals surface area contributed by atoms with E-state index in [0.717, 1.165) is 11.3 Å². The van der Waals surface area contributed by atoms with Crippen molar-refractivity contribution in [3.8, 4) is 11.5 Å². The molecular formula is C19H21N3O3. The Morgan fingerprint density at radius 2 is 2.00 bits per heavy atom. The Bertz CT molecular complexity index is 780. The van der Waals surface area contributed by atoms with E-state index in [1.807, 2.05) is 55.5 Å². The van der Waals surface area contributed by atoms with Crippen LogP contribution in [0.3, 0.4) is 0 Å². The van der Waals surface area contributed by atoms with Gasteiger partial charge < -0.3 is 14.8 Å². The van der Waals surface area contributed by atoms with Gasteiger partial charge in [0.1, 0.15) is 17.5 Å². The normalized spacial score (nSPS) is 24.0. The number of ether oxygens (including phenoxy) is 2. The van der Waals surface area contributed by atoms with Gasteiger partial charge in [0, 0.05) is 11.5 Å². The zero-order valence-corrected chi connectivity index (χ0v) is 14.0. The molecule has 25 heavy (non-hydrogen) atoms. The molecule has 3 N–H and O–H groups in total. The van der Waals surface area contributed by atoms with E-state index in [1.54, 1.807) is 0 Å². The van der Waals surface area contributed by atoms with Gasteiger partial charge in [-0.15, -0.1) is 0 Å². The standard InChI is InChI=1S/C19H21N3O3/c1-2-24-16-10-6-4-8-14(16)20-19(23)18-13-11-25-15-9-5-3-7-12(15)17(13)21-22-18/h3-10,13,17-18,21-22H,2,11H2,1H3,(H,20,23). The summed E-state index contributed by atoms with van der Waals surface area (Å²) < 4.78 is 11.4. The average Bonchev–Trinajstić information content (AvgIpc) is 3.08. The Balaban J connectivity index is 1.51. The quantitative estimate of drug-likeness (QED) is 0.797. The Morgan fingerprint density at radius 1 is 1.20 bits per heavy atom. The molecule has 130 valence electrons. The SMILES string of the molecule is CCOc1ccccc1NC(=O)C1NNC2c3ccccc3OCC12. The predicted molar refractivity (Wildman–Crippen MR) is 94.5 cm³/mol. The minimum absolute atomic E-state index is 0.0224. The first-order valence-electron chi connectivity index (χ1n) is 8.53. The molecule has 0 aromatic heterocycles. The summed E-state index contributed by atoms with van der Waals surface area (Å²) in [6, 6.07) is 15.1. The van der Waals surface area contributed by atoms with Crippen LogP contribution in [0, 0.1) is 5.92 Å². The smallest absolute Gasteiger partial charge is 0.243 e. The van der Waals surface area contributed by atoms with Crippen molar-refractivity contribution >= 4 is 11.6 Å². The molecule has 2 heterocycles. The molecule has 0 radical (unpaired) electrons. The molecule has 1 amide bonds. The summed E-state index contributed by atoms with van der Waals surface area (Å²) in [5.74, 6) is 1.47. The molecule has 0 bridgehead atoms. The highest BCUT2D eigenvalue weighted by Gasteiger charge is 2.44. The van der Waals surface area contributed by atoms with Crippen molar-refractivity contribution in [2.75, 3.05) is 18.5 Å². The van der Waals surface area contributed by atoms with Crippen molar-refractivity contribution in [3.05, 3.63) is 54.1 Å². The first-order chi connectivity index (χ1) is 12.3. The lowest BCUT2D eigenvalue weighted by molar-refractivity contribution is -0.119. The Labute approximate surface area is 146 Å². The van der Waals surface area contributed by atoms with Gasteiger partial charge in [-0.25, -0.2) is 10.9 Å². The Hall–Kier alpha value is -2.57. The average molecular weight is 339 g/mol. The molecule has 4 rings (SSSR count). The van der Waals surface area contributed by atoms with Gasteiger partial charge in [0.05, 0.1) is 24.9 Å². The summed E-state index contributed by atoms with van der Waals surface area (Å²) in [5, 5.41) is 2.97. The predicted octanol–water partition coefficient (Wildman–Crippen LogP) is 2.25. The molecule has 2 aliphatic rings. The second kappa shape index (κ2) is 6.74. The van der Waals surface area contributed by atoms with Gasteiger partial charge in [-0.3, -0.25) is 4.79 Å². The highest BCUT2D eigenvalue weighted by atomic mass is 16.5. The lowest BCUT2D eigenvalue weighted by Gasteiger charge is -2.29. The van der Waals surface area contributed by atoms with Crippen LogP contribution in [0.4, 0.5) is 5.69 Å². The van der Waals surface area contributed by atoms with Gasteiger partial charge in [-0.1, -0.05) is 30.3 Å². The number of fused-ring (bicyclic) bond motifs is 3. The Kier molecular flexibility index (Phi) is 4.29. The van der Waals surface area contributed by atoms with Crippen LogP contribution in [0.25, 0.3) is 0 Å². The minimum Gasteiger partial charge on any atom is -0.493 e. The van der Waals surface area contributed by atoms with Gasteiger partial charge in [0.15, 0.2) is 0 Å². The molecule has 1 saturated heterocycles. The topological polar surface area (TPSA) is 71.6 Å². The number of benzene rings is 2. The summed E-state index contributed by atoms with van der Waals surface area (Å²) in [7, 11) is 0. The summed E-state index contributed by atoms with van der Waals surface area (Å²) >= 11 is 0. The van der Waals surface area contributed by atoms with Crippen LogP contribution < -0.4 is 25.6 Å². The van der Waals surface area contributed by atoms with E-state index in [-0.39, 0.29) is 23.9 Å². The first-order valence-corrected chi connectivity index (χ1v) is 8.53. The van der Waals surface area contributed by atoms with Crippen LogP contribution in [0.1, 0.15) is 18.5 Å².